The Hall–Kier alpha value is -1.53. The molecular weight excluding hydrogens is 368 g/mol. The molecule has 5 nitrogen and oxygen atoms in total. The van der Waals surface area contributed by atoms with E-state index in [9.17, 15) is 4.79 Å². The van der Waals surface area contributed by atoms with Gasteiger partial charge in [0, 0.05) is 23.2 Å². The summed E-state index contributed by atoms with van der Waals surface area (Å²) >= 11 is 7.52. The average molecular weight is 393 g/mol. The van der Waals surface area contributed by atoms with Crippen molar-refractivity contribution in [3.8, 4) is 11.4 Å². The third-order valence-electron chi connectivity index (χ3n) is 4.91. The van der Waals surface area contributed by atoms with Crippen LogP contribution in [0.4, 0.5) is 0 Å². The molecule has 2 aromatic rings. The van der Waals surface area contributed by atoms with Crippen molar-refractivity contribution >= 4 is 29.3 Å². The first kappa shape index (κ1) is 19.2. The van der Waals surface area contributed by atoms with Crippen LogP contribution < -0.4 is 5.32 Å². The van der Waals surface area contributed by atoms with Crippen molar-refractivity contribution in [1.82, 2.24) is 20.1 Å². The number of nitrogens with zero attached hydrogens (tertiary/aromatic N) is 3. The van der Waals surface area contributed by atoms with E-state index < -0.39 is 0 Å². The van der Waals surface area contributed by atoms with E-state index in [4.69, 9.17) is 11.6 Å². The first-order valence-electron chi connectivity index (χ1n) is 9.19. The molecule has 1 N–H and O–H groups in total. The number of halogens is 1. The normalized spacial score (nSPS) is 20.1. The summed E-state index contributed by atoms with van der Waals surface area (Å²) in [6.07, 6.45) is 4.76. The second-order valence-electron chi connectivity index (χ2n) is 6.79. The lowest BCUT2D eigenvalue weighted by molar-refractivity contribution is -0.119. The SMILES string of the molecule is CCn1c(SCC(=O)N[C@H]2CCCC[C@@H]2C)nnc1-c1cccc(Cl)c1. The molecular formula is C19H25ClN4OS. The van der Waals surface area contributed by atoms with Crippen LogP contribution in [-0.2, 0) is 11.3 Å². The van der Waals surface area contributed by atoms with Gasteiger partial charge in [0.1, 0.15) is 0 Å². The third kappa shape index (κ3) is 4.60. The van der Waals surface area contributed by atoms with Gasteiger partial charge in [-0.1, -0.05) is 55.3 Å². The number of nitrogens with one attached hydrogen (secondary N) is 1. The van der Waals surface area contributed by atoms with Gasteiger partial charge in [0.2, 0.25) is 5.91 Å². The van der Waals surface area contributed by atoms with Crippen molar-refractivity contribution in [3.63, 3.8) is 0 Å². The van der Waals surface area contributed by atoms with Gasteiger partial charge >= 0.3 is 0 Å². The van der Waals surface area contributed by atoms with Crippen LogP contribution in [0, 0.1) is 5.92 Å². The number of thioether (sulfide) groups is 1. The van der Waals surface area contributed by atoms with Gasteiger partial charge in [-0.05, 0) is 37.8 Å². The Kier molecular flexibility index (Phi) is 6.59. The van der Waals surface area contributed by atoms with Gasteiger partial charge in [-0.2, -0.15) is 0 Å². The van der Waals surface area contributed by atoms with Crippen LogP contribution in [0.15, 0.2) is 29.4 Å². The molecule has 1 aliphatic carbocycles. The number of benzene rings is 1. The molecule has 1 aromatic carbocycles. The molecule has 26 heavy (non-hydrogen) atoms. The summed E-state index contributed by atoms with van der Waals surface area (Å²) in [5, 5.41) is 13.2. The largest absolute Gasteiger partial charge is 0.352 e. The molecule has 0 spiro atoms. The van der Waals surface area contributed by atoms with E-state index in [0.717, 1.165) is 29.5 Å². The van der Waals surface area contributed by atoms with Crippen LogP contribution in [0.25, 0.3) is 11.4 Å². The summed E-state index contributed by atoms with van der Waals surface area (Å²) in [7, 11) is 0. The molecule has 1 aromatic heterocycles. The molecule has 0 radical (unpaired) electrons. The van der Waals surface area contributed by atoms with Crippen molar-refractivity contribution in [2.45, 2.75) is 57.3 Å². The number of hydrogen-bond donors (Lipinski definition) is 1. The van der Waals surface area contributed by atoms with Gasteiger partial charge in [0.15, 0.2) is 11.0 Å². The quantitative estimate of drug-likeness (QED) is 0.740. The Morgan fingerprint density at radius 3 is 2.88 bits per heavy atom. The van der Waals surface area contributed by atoms with Crippen molar-refractivity contribution in [2.75, 3.05) is 5.75 Å². The van der Waals surface area contributed by atoms with Crippen molar-refractivity contribution in [2.24, 2.45) is 5.92 Å². The first-order chi connectivity index (χ1) is 12.6. The zero-order valence-corrected chi connectivity index (χ0v) is 16.8. The molecule has 0 unspecified atom stereocenters. The maximum Gasteiger partial charge on any atom is 0.230 e. The molecule has 0 bridgehead atoms. The van der Waals surface area contributed by atoms with Crippen molar-refractivity contribution < 1.29 is 4.79 Å². The molecule has 1 fully saturated rings. The topological polar surface area (TPSA) is 59.8 Å². The van der Waals surface area contributed by atoms with Gasteiger partial charge < -0.3 is 9.88 Å². The minimum Gasteiger partial charge on any atom is -0.352 e. The average Bonchev–Trinajstić information content (AvgIpc) is 3.05. The van der Waals surface area contributed by atoms with Crippen LogP contribution >= 0.6 is 23.4 Å². The molecule has 7 heteroatoms. The maximum absolute atomic E-state index is 12.3. The van der Waals surface area contributed by atoms with Crippen LogP contribution in [0.1, 0.15) is 39.5 Å². The zero-order chi connectivity index (χ0) is 18.5. The predicted molar refractivity (Wildman–Crippen MR) is 106 cm³/mol. The summed E-state index contributed by atoms with van der Waals surface area (Å²) in [6.45, 7) is 5.01. The summed E-state index contributed by atoms with van der Waals surface area (Å²) in [4.78, 5) is 12.3. The molecule has 0 saturated heterocycles. The van der Waals surface area contributed by atoms with E-state index in [1.807, 2.05) is 35.8 Å². The maximum atomic E-state index is 12.3. The van der Waals surface area contributed by atoms with Gasteiger partial charge in [-0.3, -0.25) is 4.79 Å². The molecule has 1 aliphatic rings. The van der Waals surface area contributed by atoms with Crippen LogP contribution in [0.2, 0.25) is 5.02 Å². The number of aromatic nitrogens is 3. The Labute approximate surface area is 163 Å². The van der Waals surface area contributed by atoms with Gasteiger partial charge in [0.05, 0.1) is 5.75 Å². The number of carbonyl (C=O) groups excluding carboxylic acids is 1. The first-order valence-corrected chi connectivity index (χ1v) is 10.6. The smallest absolute Gasteiger partial charge is 0.230 e. The fraction of sp³-hybridized carbons (Fsp3) is 0.526. The molecule has 2 atom stereocenters. The fourth-order valence-electron chi connectivity index (χ4n) is 3.43. The highest BCUT2D eigenvalue weighted by Gasteiger charge is 2.23. The number of amides is 1. The second-order valence-corrected chi connectivity index (χ2v) is 8.16. The van der Waals surface area contributed by atoms with E-state index in [1.165, 1.54) is 31.0 Å². The minimum atomic E-state index is 0.0729. The minimum absolute atomic E-state index is 0.0729. The Morgan fingerprint density at radius 2 is 2.15 bits per heavy atom. The monoisotopic (exact) mass is 392 g/mol. The molecule has 1 amide bonds. The van der Waals surface area contributed by atoms with Crippen molar-refractivity contribution in [3.05, 3.63) is 29.3 Å². The lowest BCUT2D eigenvalue weighted by Crippen LogP contribution is -2.41. The standard InChI is InChI=1S/C19H25ClN4OS/c1-3-24-18(14-8-6-9-15(20)11-14)22-23-19(24)26-12-17(25)21-16-10-5-4-7-13(16)2/h6,8-9,11,13,16H,3-5,7,10,12H2,1-2H3,(H,21,25)/t13-,16-/m0/s1. The number of rotatable bonds is 6. The second kappa shape index (κ2) is 8.91. The molecule has 1 heterocycles. The molecule has 0 aliphatic heterocycles. The van der Waals surface area contributed by atoms with Crippen molar-refractivity contribution in [1.29, 1.82) is 0 Å². The Morgan fingerprint density at radius 1 is 1.35 bits per heavy atom. The molecule has 140 valence electrons. The van der Waals surface area contributed by atoms with Crippen LogP contribution in [0.3, 0.4) is 0 Å². The van der Waals surface area contributed by atoms with E-state index >= 15 is 0 Å². The highest BCUT2D eigenvalue weighted by atomic mass is 35.5. The summed E-state index contributed by atoms with van der Waals surface area (Å²) in [6, 6.07) is 7.89. The number of hydrogen-bond acceptors (Lipinski definition) is 4. The summed E-state index contributed by atoms with van der Waals surface area (Å²) in [5.41, 5.74) is 0.930. The molecule has 3 rings (SSSR count). The van der Waals surface area contributed by atoms with E-state index in [1.54, 1.807) is 0 Å². The van der Waals surface area contributed by atoms with E-state index in [-0.39, 0.29) is 5.91 Å². The summed E-state index contributed by atoms with van der Waals surface area (Å²) in [5.74, 6) is 1.77. The lowest BCUT2D eigenvalue weighted by Gasteiger charge is -2.29. The fourth-order valence-corrected chi connectivity index (χ4v) is 4.43. The number of carbonyl (C=O) groups is 1. The Balaban J connectivity index is 1.64. The third-order valence-corrected chi connectivity index (χ3v) is 6.11. The van der Waals surface area contributed by atoms with E-state index in [0.29, 0.717) is 22.7 Å². The Bertz CT molecular complexity index is 764. The highest BCUT2D eigenvalue weighted by Crippen LogP contribution is 2.26. The zero-order valence-electron chi connectivity index (χ0n) is 15.2. The van der Waals surface area contributed by atoms with Gasteiger partial charge in [-0.15, -0.1) is 10.2 Å². The highest BCUT2D eigenvalue weighted by molar-refractivity contribution is 7.99. The summed E-state index contributed by atoms with van der Waals surface area (Å²) < 4.78 is 2.02. The van der Waals surface area contributed by atoms with Gasteiger partial charge in [0.25, 0.3) is 0 Å². The van der Waals surface area contributed by atoms with Gasteiger partial charge in [-0.25, -0.2) is 0 Å². The van der Waals surface area contributed by atoms with Crippen LogP contribution in [0.5, 0.6) is 0 Å². The molecule has 1 saturated carbocycles. The van der Waals surface area contributed by atoms with Crippen LogP contribution in [-0.4, -0.2) is 32.5 Å². The lowest BCUT2D eigenvalue weighted by atomic mass is 9.86. The predicted octanol–water partition coefficient (Wildman–Crippen LogP) is 4.41. The van der Waals surface area contributed by atoms with E-state index in [2.05, 4.69) is 22.4 Å².